The van der Waals surface area contributed by atoms with Gasteiger partial charge in [0.05, 0.1) is 19.1 Å². The molecule has 2 atom stereocenters. The van der Waals surface area contributed by atoms with E-state index >= 15 is 0 Å². The third kappa shape index (κ3) is 7.63. The Kier molecular flexibility index (Phi) is 7.87. The molecule has 8 nitrogen and oxygen atoms in total. The van der Waals surface area contributed by atoms with Gasteiger partial charge in [-0.15, -0.1) is 0 Å². The summed E-state index contributed by atoms with van der Waals surface area (Å²) in [5, 5.41) is 2.77. The lowest BCUT2D eigenvalue weighted by Crippen LogP contribution is -2.44. The molecule has 160 valence electrons. The van der Waals surface area contributed by atoms with Gasteiger partial charge in [0, 0.05) is 19.0 Å². The van der Waals surface area contributed by atoms with Gasteiger partial charge in [0.25, 0.3) is 0 Å². The average molecular weight is 406 g/mol. The van der Waals surface area contributed by atoms with E-state index in [1.807, 2.05) is 30.3 Å². The maximum atomic E-state index is 12.5. The number of rotatable bonds is 6. The van der Waals surface area contributed by atoms with Crippen LogP contribution in [-0.4, -0.2) is 54.4 Å². The minimum Gasteiger partial charge on any atom is -0.466 e. The van der Waals surface area contributed by atoms with Crippen molar-refractivity contribution in [2.24, 2.45) is 5.92 Å². The molecule has 0 saturated carbocycles. The summed E-state index contributed by atoms with van der Waals surface area (Å²) in [6.45, 7) is 7.99. The van der Waals surface area contributed by atoms with E-state index in [0.29, 0.717) is 0 Å². The Morgan fingerprint density at radius 2 is 1.79 bits per heavy atom. The number of hydrogen-bond acceptors (Lipinski definition) is 6. The number of carbonyl (C=O) groups excluding carboxylic acids is 3. The molecule has 0 radical (unpaired) electrons. The van der Waals surface area contributed by atoms with Crippen molar-refractivity contribution >= 4 is 18.2 Å². The number of nitrogens with one attached hydrogen (secondary N) is 1. The number of carbonyl (C=O) groups is 3. The van der Waals surface area contributed by atoms with Gasteiger partial charge in [0.15, 0.2) is 0 Å². The third-order valence-corrected chi connectivity index (χ3v) is 4.34. The van der Waals surface area contributed by atoms with Gasteiger partial charge < -0.3 is 24.4 Å². The van der Waals surface area contributed by atoms with Gasteiger partial charge in [-0.05, 0) is 33.3 Å². The molecule has 1 aliphatic rings. The molecular weight excluding hydrogens is 376 g/mol. The molecule has 0 aliphatic carbocycles. The molecule has 1 heterocycles. The van der Waals surface area contributed by atoms with Crippen LogP contribution >= 0.6 is 0 Å². The van der Waals surface area contributed by atoms with Crippen LogP contribution in [0.2, 0.25) is 0 Å². The minimum atomic E-state index is -0.645. The van der Waals surface area contributed by atoms with E-state index in [0.717, 1.165) is 5.56 Å². The smallest absolute Gasteiger partial charge is 0.410 e. The molecule has 0 aromatic heterocycles. The summed E-state index contributed by atoms with van der Waals surface area (Å²) in [6.07, 6.45) is -0.983. The molecule has 0 spiro atoms. The number of hydrogen-bond donors (Lipinski definition) is 1. The van der Waals surface area contributed by atoms with Gasteiger partial charge >= 0.3 is 18.2 Å². The zero-order chi connectivity index (χ0) is 21.4. The number of ether oxygens (including phenoxy) is 3. The predicted molar refractivity (Wildman–Crippen MR) is 106 cm³/mol. The molecule has 1 saturated heterocycles. The Morgan fingerprint density at radius 3 is 2.41 bits per heavy atom. The molecule has 1 fully saturated rings. The highest BCUT2D eigenvalue weighted by atomic mass is 16.6. The van der Waals surface area contributed by atoms with E-state index in [1.165, 1.54) is 4.90 Å². The number of amides is 2. The van der Waals surface area contributed by atoms with E-state index in [-0.39, 0.29) is 44.6 Å². The van der Waals surface area contributed by atoms with Crippen LogP contribution in [0.15, 0.2) is 30.3 Å². The molecule has 29 heavy (non-hydrogen) atoms. The van der Waals surface area contributed by atoms with Crippen molar-refractivity contribution in [2.45, 2.75) is 52.4 Å². The van der Waals surface area contributed by atoms with Crippen molar-refractivity contribution in [1.82, 2.24) is 10.2 Å². The second-order valence-corrected chi connectivity index (χ2v) is 7.97. The van der Waals surface area contributed by atoms with Crippen LogP contribution < -0.4 is 5.32 Å². The summed E-state index contributed by atoms with van der Waals surface area (Å²) >= 11 is 0. The lowest BCUT2D eigenvalue weighted by Gasteiger charge is -2.23. The fraction of sp³-hybridized carbons (Fsp3) is 0.571. The van der Waals surface area contributed by atoms with E-state index in [2.05, 4.69) is 5.32 Å². The third-order valence-electron chi connectivity index (χ3n) is 4.34. The largest absolute Gasteiger partial charge is 0.466 e. The lowest BCUT2D eigenvalue weighted by atomic mass is 10.00. The highest BCUT2D eigenvalue weighted by molar-refractivity contribution is 5.72. The number of nitrogens with zero attached hydrogens (tertiary/aromatic N) is 1. The van der Waals surface area contributed by atoms with Crippen molar-refractivity contribution < 1.29 is 28.6 Å². The number of esters is 1. The molecule has 0 unspecified atom stereocenters. The zero-order valence-electron chi connectivity index (χ0n) is 17.5. The first-order valence-electron chi connectivity index (χ1n) is 9.78. The minimum absolute atomic E-state index is 0.0940. The molecular formula is C21H30N2O6. The quantitative estimate of drug-likeness (QED) is 0.576. The van der Waals surface area contributed by atoms with Crippen LogP contribution in [0.4, 0.5) is 9.59 Å². The summed E-state index contributed by atoms with van der Waals surface area (Å²) in [5.74, 6) is -0.654. The van der Waals surface area contributed by atoms with Crippen molar-refractivity contribution in [3.8, 4) is 0 Å². The van der Waals surface area contributed by atoms with E-state index in [1.54, 1.807) is 27.7 Å². The summed E-state index contributed by atoms with van der Waals surface area (Å²) in [7, 11) is 0. The maximum absolute atomic E-state index is 12.5. The first kappa shape index (κ1) is 22.5. The molecule has 2 rings (SSSR count). The number of likely N-dealkylation sites (tertiary alicyclic amines) is 1. The van der Waals surface area contributed by atoms with E-state index in [9.17, 15) is 14.4 Å². The molecule has 1 aromatic rings. The Hall–Kier alpha value is -2.77. The first-order chi connectivity index (χ1) is 13.7. The molecule has 1 N–H and O–H groups in total. The summed E-state index contributed by atoms with van der Waals surface area (Å²) in [4.78, 5) is 38.1. The molecule has 8 heteroatoms. The Labute approximate surface area is 171 Å². The van der Waals surface area contributed by atoms with E-state index < -0.39 is 23.8 Å². The van der Waals surface area contributed by atoms with E-state index in [4.69, 9.17) is 14.2 Å². The molecule has 1 aliphatic heterocycles. The monoisotopic (exact) mass is 406 g/mol. The highest BCUT2D eigenvalue weighted by Crippen LogP contribution is 2.23. The number of benzene rings is 1. The van der Waals surface area contributed by atoms with Gasteiger partial charge in [0.1, 0.15) is 12.2 Å². The van der Waals surface area contributed by atoms with Crippen LogP contribution in [0.5, 0.6) is 0 Å². The number of alkyl carbamates (subject to hydrolysis) is 1. The van der Waals surface area contributed by atoms with Crippen LogP contribution in [0.3, 0.4) is 0 Å². The summed E-state index contributed by atoms with van der Waals surface area (Å²) in [6, 6.07) is 8.93. The Balaban J connectivity index is 1.98. The van der Waals surface area contributed by atoms with Crippen LogP contribution in [0, 0.1) is 5.92 Å². The van der Waals surface area contributed by atoms with Crippen LogP contribution in [-0.2, 0) is 25.6 Å². The molecule has 1 aromatic carbocycles. The lowest BCUT2D eigenvalue weighted by molar-refractivity contribution is -0.144. The van der Waals surface area contributed by atoms with Crippen molar-refractivity contribution in [3.63, 3.8) is 0 Å². The topological polar surface area (TPSA) is 94.2 Å². The summed E-state index contributed by atoms with van der Waals surface area (Å²) in [5.41, 5.74) is 0.236. The fourth-order valence-electron chi connectivity index (χ4n) is 3.09. The predicted octanol–water partition coefficient (Wildman–Crippen LogP) is 3.10. The van der Waals surface area contributed by atoms with Crippen LogP contribution in [0.25, 0.3) is 0 Å². The molecule has 0 bridgehead atoms. The van der Waals surface area contributed by atoms with Gasteiger partial charge in [-0.1, -0.05) is 30.3 Å². The van der Waals surface area contributed by atoms with Gasteiger partial charge in [-0.2, -0.15) is 0 Å². The van der Waals surface area contributed by atoms with Gasteiger partial charge in [0.2, 0.25) is 0 Å². The van der Waals surface area contributed by atoms with Crippen molar-refractivity contribution in [2.75, 3.05) is 19.7 Å². The standard InChI is InChI=1S/C21H30N2O6/c1-5-27-18(24)11-16-12-23(13-17(16)22-19(25)29-21(2,3)4)20(26)28-14-15-9-7-6-8-10-15/h6-10,16-17H,5,11-14H2,1-4H3,(H,22,25)/t16-,17-/m1/s1. The van der Waals surface area contributed by atoms with Crippen molar-refractivity contribution in [3.05, 3.63) is 35.9 Å². The van der Waals surface area contributed by atoms with Gasteiger partial charge in [-0.25, -0.2) is 9.59 Å². The second-order valence-electron chi connectivity index (χ2n) is 7.97. The SMILES string of the molecule is CCOC(=O)C[C@@H]1CN(C(=O)OCc2ccccc2)C[C@H]1NC(=O)OC(C)(C)C. The highest BCUT2D eigenvalue weighted by Gasteiger charge is 2.39. The molecule has 2 amide bonds. The Bertz CT molecular complexity index is 701. The first-order valence-corrected chi connectivity index (χ1v) is 9.78. The Morgan fingerprint density at radius 1 is 1.10 bits per heavy atom. The van der Waals surface area contributed by atoms with Gasteiger partial charge in [-0.3, -0.25) is 4.79 Å². The fourth-order valence-corrected chi connectivity index (χ4v) is 3.09. The average Bonchev–Trinajstić information content (AvgIpc) is 3.01. The zero-order valence-corrected chi connectivity index (χ0v) is 17.5. The maximum Gasteiger partial charge on any atom is 0.410 e. The normalized spacial score (nSPS) is 18.8. The van der Waals surface area contributed by atoms with Crippen LogP contribution in [0.1, 0.15) is 39.7 Å². The van der Waals surface area contributed by atoms with Crippen molar-refractivity contribution in [1.29, 1.82) is 0 Å². The summed E-state index contributed by atoms with van der Waals surface area (Å²) < 4.78 is 15.7. The second kappa shape index (κ2) is 10.1.